The first kappa shape index (κ1) is 20.9. The number of amides is 1. The van der Waals surface area contributed by atoms with Crippen molar-refractivity contribution in [1.82, 2.24) is 0 Å². The van der Waals surface area contributed by atoms with Gasteiger partial charge in [0.05, 0.1) is 18.1 Å². The molecule has 2 aromatic carbocycles. The number of rotatable bonds is 6. The number of benzene rings is 2. The number of ether oxygens (including phenoxy) is 2. The molecule has 154 valence electrons. The summed E-state index contributed by atoms with van der Waals surface area (Å²) < 4.78 is 10.8. The van der Waals surface area contributed by atoms with Crippen molar-refractivity contribution in [2.45, 2.75) is 13.8 Å². The fraction of sp³-hybridized carbons (Fsp3) is 0.350. The summed E-state index contributed by atoms with van der Waals surface area (Å²) in [7, 11) is 0. The van der Waals surface area contributed by atoms with Crippen LogP contribution in [0.4, 0.5) is 17.1 Å². The van der Waals surface area contributed by atoms with E-state index < -0.39 is 10.8 Å². The predicted molar refractivity (Wildman–Crippen MR) is 111 cm³/mol. The molecular weight excluding hydrogens is 398 g/mol. The molecule has 0 unspecified atom stereocenters. The number of nitro groups is 1. The fourth-order valence-corrected chi connectivity index (χ4v) is 3.26. The highest BCUT2D eigenvalue weighted by Gasteiger charge is 2.22. The number of carbonyl (C=O) groups is 1. The van der Waals surface area contributed by atoms with Gasteiger partial charge < -0.3 is 19.7 Å². The Morgan fingerprint density at radius 2 is 1.90 bits per heavy atom. The maximum Gasteiger partial charge on any atom is 0.294 e. The molecule has 2 aromatic rings. The summed E-state index contributed by atoms with van der Waals surface area (Å²) in [6, 6.07) is 8.16. The van der Waals surface area contributed by atoms with Crippen molar-refractivity contribution in [2.24, 2.45) is 0 Å². The van der Waals surface area contributed by atoms with Gasteiger partial charge in [0.1, 0.15) is 11.4 Å². The molecule has 0 bridgehead atoms. The normalized spacial score (nSPS) is 13.8. The lowest BCUT2D eigenvalue weighted by Gasteiger charge is -2.28. The number of nitrogens with one attached hydrogen (secondary N) is 1. The van der Waals surface area contributed by atoms with Crippen LogP contribution in [0.5, 0.6) is 5.75 Å². The minimum Gasteiger partial charge on any atom is -0.484 e. The minimum atomic E-state index is -0.448. The van der Waals surface area contributed by atoms with Crippen LogP contribution in [0.2, 0.25) is 5.02 Å². The average molecular weight is 420 g/mol. The number of anilines is 2. The van der Waals surface area contributed by atoms with Crippen LogP contribution in [0.3, 0.4) is 0 Å². The first-order chi connectivity index (χ1) is 13.8. The largest absolute Gasteiger partial charge is 0.484 e. The predicted octanol–water partition coefficient (Wildman–Crippen LogP) is 3.72. The van der Waals surface area contributed by atoms with Crippen LogP contribution in [-0.4, -0.2) is 43.7 Å². The molecule has 1 aliphatic rings. The first-order valence-corrected chi connectivity index (χ1v) is 9.53. The molecule has 29 heavy (non-hydrogen) atoms. The number of nitrogens with zero attached hydrogens (tertiary/aromatic N) is 2. The summed E-state index contributed by atoms with van der Waals surface area (Å²) in [4.78, 5) is 25.2. The molecule has 0 spiro atoms. The van der Waals surface area contributed by atoms with Crippen LogP contribution >= 0.6 is 11.6 Å². The van der Waals surface area contributed by atoms with Crippen molar-refractivity contribution in [1.29, 1.82) is 0 Å². The van der Waals surface area contributed by atoms with E-state index in [-0.39, 0.29) is 12.3 Å². The van der Waals surface area contributed by atoms with Crippen LogP contribution in [-0.2, 0) is 9.53 Å². The molecule has 1 N–H and O–H groups in total. The number of hydrogen-bond acceptors (Lipinski definition) is 6. The van der Waals surface area contributed by atoms with Gasteiger partial charge in [-0.05, 0) is 49.2 Å². The van der Waals surface area contributed by atoms with Gasteiger partial charge in [-0.2, -0.15) is 0 Å². The monoisotopic (exact) mass is 419 g/mol. The van der Waals surface area contributed by atoms with Gasteiger partial charge in [-0.3, -0.25) is 14.9 Å². The Hall–Kier alpha value is -2.84. The summed E-state index contributed by atoms with van der Waals surface area (Å²) in [5.41, 5.74) is 2.51. The number of halogens is 1. The van der Waals surface area contributed by atoms with Crippen LogP contribution in [0.15, 0.2) is 30.3 Å². The van der Waals surface area contributed by atoms with E-state index in [0.717, 1.165) is 11.1 Å². The lowest BCUT2D eigenvalue weighted by atomic mass is 10.1. The fourth-order valence-electron chi connectivity index (χ4n) is 3.15. The molecule has 0 saturated carbocycles. The number of aryl methyl sites for hydroxylation is 2. The molecule has 0 atom stereocenters. The van der Waals surface area contributed by atoms with Crippen molar-refractivity contribution in [3.05, 3.63) is 56.6 Å². The molecule has 1 heterocycles. The molecule has 0 radical (unpaired) electrons. The molecular formula is C20H22ClN3O5. The third kappa shape index (κ3) is 5.16. The van der Waals surface area contributed by atoms with Crippen LogP contribution in [0.1, 0.15) is 11.1 Å². The van der Waals surface area contributed by atoms with E-state index in [2.05, 4.69) is 5.32 Å². The molecule has 8 nitrogen and oxygen atoms in total. The Balaban J connectivity index is 1.67. The number of carbonyl (C=O) groups excluding carboxylic acids is 1. The zero-order valence-electron chi connectivity index (χ0n) is 16.2. The van der Waals surface area contributed by atoms with Crippen LogP contribution in [0.25, 0.3) is 0 Å². The second-order valence-electron chi connectivity index (χ2n) is 6.77. The van der Waals surface area contributed by atoms with Crippen LogP contribution in [0, 0.1) is 24.0 Å². The Morgan fingerprint density at radius 1 is 1.24 bits per heavy atom. The maximum atomic E-state index is 12.2. The van der Waals surface area contributed by atoms with E-state index in [4.69, 9.17) is 21.1 Å². The Bertz CT molecular complexity index is 905. The minimum absolute atomic E-state index is 0.0606. The molecule has 3 rings (SSSR count). The summed E-state index contributed by atoms with van der Waals surface area (Å²) in [5.74, 6) is 0.122. The van der Waals surface area contributed by atoms with Gasteiger partial charge in [0.15, 0.2) is 6.61 Å². The summed E-state index contributed by atoms with van der Waals surface area (Å²) in [6.45, 7) is 5.71. The van der Waals surface area contributed by atoms with Gasteiger partial charge in [0.25, 0.3) is 11.6 Å². The summed E-state index contributed by atoms with van der Waals surface area (Å²) in [6.07, 6.45) is 0. The Kier molecular flexibility index (Phi) is 6.56. The summed E-state index contributed by atoms with van der Waals surface area (Å²) in [5, 5.41) is 14.8. The number of nitro benzene ring substituents is 1. The van der Waals surface area contributed by atoms with E-state index in [0.29, 0.717) is 48.5 Å². The molecule has 9 heteroatoms. The third-order valence-electron chi connectivity index (χ3n) is 4.59. The molecule has 1 saturated heterocycles. The van der Waals surface area contributed by atoms with Crippen LogP contribution < -0.4 is 15.0 Å². The van der Waals surface area contributed by atoms with Crippen molar-refractivity contribution < 1.29 is 19.2 Å². The Morgan fingerprint density at radius 3 is 2.52 bits per heavy atom. The van der Waals surface area contributed by atoms with Crippen molar-refractivity contribution in [2.75, 3.05) is 43.1 Å². The molecule has 1 amide bonds. The lowest BCUT2D eigenvalue weighted by molar-refractivity contribution is -0.384. The second-order valence-corrected chi connectivity index (χ2v) is 7.15. The SMILES string of the molecule is Cc1cc(OCC(=O)Nc2ccc(N3CCOCC3)c([N+](=O)[O-])c2)cc(C)c1Cl. The van der Waals surface area contributed by atoms with E-state index in [1.807, 2.05) is 18.7 Å². The smallest absolute Gasteiger partial charge is 0.294 e. The van der Waals surface area contributed by atoms with Gasteiger partial charge in [0, 0.05) is 29.9 Å². The van der Waals surface area contributed by atoms with E-state index >= 15 is 0 Å². The average Bonchev–Trinajstić information content (AvgIpc) is 2.71. The molecule has 1 fully saturated rings. The zero-order valence-corrected chi connectivity index (χ0v) is 17.0. The molecule has 1 aliphatic heterocycles. The Labute approximate surface area is 173 Å². The van der Waals surface area contributed by atoms with Gasteiger partial charge in [-0.15, -0.1) is 0 Å². The lowest BCUT2D eigenvalue weighted by Crippen LogP contribution is -2.36. The second kappa shape index (κ2) is 9.11. The van der Waals surface area contributed by atoms with Crippen molar-refractivity contribution in [3.63, 3.8) is 0 Å². The van der Waals surface area contributed by atoms with Gasteiger partial charge in [-0.25, -0.2) is 0 Å². The summed E-state index contributed by atoms with van der Waals surface area (Å²) >= 11 is 6.13. The highest BCUT2D eigenvalue weighted by molar-refractivity contribution is 6.32. The number of hydrogen-bond donors (Lipinski definition) is 1. The van der Waals surface area contributed by atoms with E-state index in [1.165, 1.54) is 6.07 Å². The van der Waals surface area contributed by atoms with E-state index in [1.54, 1.807) is 24.3 Å². The van der Waals surface area contributed by atoms with Crippen molar-refractivity contribution >= 4 is 34.6 Å². The first-order valence-electron chi connectivity index (χ1n) is 9.15. The van der Waals surface area contributed by atoms with Crippen molar-refractivity contribution in [3.8, 4) is 5.75 Å². The topological polar surface area (TPSA) is 93.9 Å². The highest BCUT2D eigenvalue weighted by Crippen LogP contribution is 2.32. The van der Waals surface area contributed by atoms with Gasteiger partial charge in [0.2, 0.25) is 0 Å². The molecule has 0 aliphatic carbocycles. The van der Waals surface area contributed by atoms with Gasteiger partial charge in [-0.1, -0.05) is 11.6 Å². The standard InChI is InChI=1S/C20H22ClN3O5/c1-13-9-16(10-14(2)20(13)21)29-12-19(25)22-15-3-4-17(18(11-15)24(26)27)23-5-7-28-8-6-23/h3-4,9-11H,5-8,12H2,1-2H3,(H,22,25). The van der Waals surface area contributed by atoms with E-state index in [9.17, 15) is 14.9 Å². The quantitative estimate of drug-likeness (QED) is 0.566. The highest BCUT2D eigenvalue weighted by atomic mass is 35.5. The van der Waals surface area contributed by atoms with Gasteiger partial charge >= 0.3 is 0 Å². The number of morpholine rings is 1. The molecule has 0 aromatic heterocycles. The zero-order chi connectivity index (χ0) is 21.0. The third-order valence-corrected chi connectivity index (χ3v) is 5.18. The maximum absolute atomic E-state index is 12.2.